The van der Waals surface area contributed by atoms with Gasteiger partial charge in [-0.2, -0.15) is 0 Å². The van der Waals surface area contributed by atoms with Gasteiger partial charge in [0, 0.05) is 0 Å². The van der Waals surface area contributed by atoms with E-state index in [1.54, 1.807) is 0 Å². The Bertz CT molecular complexity index is 535. The van der Waals surface area contributed by atoms with E-state index in [1.165, 1.54) is 4.46 Å². The summed E-state index contributed by atoms with van der Waals surface area (Å²) in [6, 6.07) is 20.2. The molecule has 0 amide bonds. The van der Waals surface area contributed by atoms with Gasteiger partial charge in [0.05, 0.1) is 0 Å². The molecule has 82 valence electrons. The van der Waals surface area contributed by atoms with Gasteiger partial charge < -0.3 is 0 Å². The maximum atomic E-state index is 8.69. The topological polar surface area (TPSA) is 23.8 Å². The minimum atomic E-state index is 0.370. The third-order valence-corrected chi connectivity index (χ3v) is 3.96. The molecular formula is C15H11NSe. The van der Waals surface area contributed by atoms with Gasteiger partial charge in [0.1, 0.15) is 0 Å². The summed E-state index contributed by atoms with van der Waals surface area (Å²) in [5.74, 6) is 0. The van der Waals surface area contributed by atoms with Crippen molar-refractivity contribution in [2.75, 3.05) is 0 Å². The zero-order chi connectivity index (χ0) is 11.9. The van der Waals surface area contributed by atoms with Gasteiger partial charge in [-0.3, -0.25) is 0 Å². The first-order chi connectivity index (χ1) is 8.38. The Morgan fingerprint density at radius 3 is 2.29 bits per heavy atom. The second-order valence-electron chi connectivity index (χ2n) is 3.47. The Hall–Kier alpha value is -1.81. The van der Waals surface area contributed by atoms with E-state index >= 15 is 0 Å². The first-order valence-electron chi connectivity index (χ1n) is 5.27. The summed E-state index contributed by atoms with van der Waals surface area (Å²) in [7, 11) is 0. The molecule has 2 aromatic carbocycles. The van der Waals surface area contributed by atoms with Crippen LogP contribution >= 0.6 is 0 Å². The van der Waals surface area contributed by atoms with Crippen molar-refractivity contribution in [1.82, 2.24) is 0 Å². The van der Waals surface area contributed by atoms with Crippen LogP contribution < -0.4 is 4.46 Å². The van der Waals surface area contributed by atoms with Crippen LogP contribution in [0, 0.1) is 11.3 Å². The van der Waals surface area contributed by atoms with Crippen molar-refractivity contribution in [2.45, 2.75) is 0 Å². The molecule has 0 atom stereocenters. The summed E-state index contributed by atoms with van der Waals surface area (Å²) in [6.45, 7) is 0. The second-order valence-corrected chi connectivity index (χ2v) is 5.52. The normalized spacial score (nSPS) is 10.3. The summed E-state index contributed by atoms with van der Waals surface area (Å²) in [5, 5.41) is 8.69. The van der Waals surface area contributed by atoms with Crippen molar-refractivity contribution in [3.63, 3.8) is 0 Å². The molecule has 0 N–H and O–H groups in total. The van der Waals surface area contributed by atoms with Crippen LogP contribution in [0.4, 0.5) is 0 Å². The molecule has 0 aliphatic heterocycles. The molecule has 0 saturated heterocycles. The van der Waals surface area contributed by atoms with Crippen LogP contribution in [0.15, 0.2) is 59.6 Å². The summed E-state index contributed by atoms with van der Waals surface area (Å²) in [4.78, 5) is 2.20. The van der Waals surface area contributed by atoms with E-state index in [9.17, 15) is 0 Å². The van der Waals surface area contributed by atoms with E-state index in [0.717, 1.165) is 5.56 Å². The molecular weight excluding hydrogens is 273 g/mol. The molecule has 0 aliphatic carbocycles. The van der Waals surface area contributed by atoms with Crippen LogP contribution in [0.3, 0.4) is 0 Å². The number of nitrogens with zero attached hydrogens (tertiary/aromatic N) is 1. The third kappa shape index (κ3) is 3.60. The average Bonchev–Trinajstić information content (AvgIpc) is 2.41. The van der Waals surface area contributed by atoms with Gasteiger partial charge in [0.15, 0.2) is 0 Å². The molecule has 1 nitrogen and oxygen atoms in total. The third-order valence-electron chi connectivity index (χ3n) is 2.25. The van der Waals surface area contributed by atoms with Crippen LogP contribution in [0.1, 0.15) is 11.1 Å². The fraction of sp³-hybridized carbons (Fsp3) is 0. The molecule has 0 aromatic heterocycles. The van der Waals surface area contributed by atoms with Crippen molar-refractivity contribution < 1.29 is 0 Å². The molecule has 0 fully saturated rings. The first-order valence-corrected chi connectivity index (χ1v) is 7.11. The second kappa shape index (κ2) is 6.06. The summed E-state index contributed by atoms with van der Waals surface area (Å²) in [5.41, 5.74) is 1.84. The van der Waals surface area contributed by atoms with E-state index in [1.807, 2.05) is 30.3 Å². The molecule has 0 spiro atoms. The quantitative estimate of drug-likeness (QED) is 0.795. The Morgan fingerprint density at radius 1 is 0.941 bits per heavy atom. The average molecular weight is 284 g/mol. The van der Waals surface area contributed by atoms with Gasteiger partial charge in [0.25, 0.3) is 0 Å². The summed E-state index contributed by atoms with van der Waals surface area (Å²) < 4.78 is 1.37. The number of hydrogen-bond donors (Lipinski definition) is 0. The van der Waals surface area contributed by atoms with Crippen molar-refractivity contribution in [1.29, 1.82) is 5.26 Å². The van der Waals surface area contributed by atoms with Crippen LogP contribution in [0.5, 0.6) is 0 Å². The molecule has 0 bridgehead atoms. The number of benzene rings is 2. The van der Waals surface area contributed by atoms with Crippen LogP contribution in [-0.4, -0.2) is 15.0 Å². The number of rotatable bonds is 3. The van der Waals surface area contributed by atoms with Crippen molar-refractivity contribution in [2.24, 2.45) is 0 Å². The minimum absolute atomic E-state index is 0.370. The molecule has 0 saturated carbocycles. The number of hydrogen-bond acceptors (Lipinski definition) is 1. The molecule has 0 radical (unpaired) electrons. The Labute approximate surface area is 108 Å². The van der Waals surface area contributed by atoms with E-state index in [4.69, 9.17) is 5.26 Å². The Morgan fingerprint density at radius 2 is 1.65 bits per heavy atom. The SMILES string of the molecule is N#Cc1ccc(/C=C\[Se]c2ccccc2)cc1. The van der Waals surface area contributed by atoms with Gasteiger partial charge >= 0.3 is 108 Å². The van der Waals surface area contributed by atoms with E-state index < -0.39 is 0 Å². The summed E-state index contributed by atoms with van der Waals surface area (Å²) >= 11 is 0.370. The molecule has 2 heteroatoms. The fourth-order valence-corrected chi connectivity index (χ4v) is 2.82. The van der Waals surface area contributed by atoms with Crippen LogP contribution in [0.25, 0.3) is 6.08 Å². The predicted molar refractivity (Wildman–Crippen MR) is 72.0 cm³/mol. The molecule has 0 aliphatic rings. The van der Waals surface area contributed by atoms with Gasteiger partial charge in [-0.05, 0) is 0 Å². The van der Waals surface area contributed by atoms with Gasteiger partial charge in [-0.15, -0.1) is 0 Å². The molecule has 17 heavy (non-hydrogen) atoms. The maximum absolute atomic E-state index is 8.69. The molecule has 0 heterocycles. The zero-order valence-corrected chi connectivity index (χ0v) is 10.9. The van der Waals surface area contributed by atoms with Crippen LogP contribution in [0.2, 0.25) is 0 Å². The van der Waals surface area contributed by atoms with E-state index in [-0.39, 0.29) is 0 Å². The molecule has 0 unspecified atom stereocenters. The van der Waals surface area contributed by atoms with E-state index in [0.29, 0.717) is 20.5 Å². The Balaban J connectivity index is 1.99. The van der Waals surface area contributed by atoms with Crippen molar-refractivity contribution in [3.05, 3.63) is 70.7 Å². The summed E-state index contributed by atoms with van der Waals surface area (Å²) in [6.07, 6.45) is 2.11. The van der Waals surface area contributed by atoms with Crippen LogP contribution in [-0.2, 0) is 0 Å². The monoisotopic (exact) mass is 285 g/mol. The molecule has 2 rings (SSSR count). The Kier molecular flexibility index (Phi) is 4.16. The zero-order valence-electron chi connectivity index (χ0n) is 9.21. The van der Waals surface area contributed by atoms with Crippen molar-refractivity contribution >= 4 is 25.5 Å². The van der Waals surface area contributed by atoms with Gasteiger partial charge in [-0.25, -0.2) is 0 Å². The fourth-order valence-electron chi connectivity index (χ4n) is 1.36. The van der Waals surface area contributed by atoms with Gasteiger partial charge in [-0.1, -0.05) is 0 Å². The number of nitriles is 1. The van der Waals surface area contributed by atoms with E-state index in [2.05, 4.69) is 41.4 Å². The van der Waals surface area contributed by atoms with Gasteiger partial charge in [0.2, 0.25) is 0 Å². The molecule has 2 aromatic rings. The van der Waals surface area contributed by atoms with Crippen molar-refractivity contribution in [3.8, 4) is 6.07 Å². The predicted octanol–water partition coefficient (Wildman–Crippen LogP) is 2.56. The standard InChI is InChI=1S/C15H11NSe/c16-12-14-8-6-13(7-9-14)10-11-17-15-4-2-1-3-5-15/h1-11H/b11-10-. The first kappa shape index (κ1) is 11.7.